The molecule has 0 aromatic heterocycles. The number of hydrogen-bond acceptors (Lipinski definition) is 3. The first-order valence-corrected chi connectivity index (χ1v) is 11.9. The fraction of sp³-hybridized carbons (Fsp3) is 0.286. The normalized spacial score (nSPS) is 16.2. The summed E-state index contributed by atoms with van der Waals surface area (Å²) in [6, 6.07) is 20.0. The number of carboxylic acids is 1. The number of nitrogens with zero attached hydrogens (tertiary/aromatic N) is 2. The highest BCUT2D eigenvalue weighted by molar-refractivity contribution is 6.07. The Morgan fingerprint density at radius 3 is 2.45 bits per heavy atom. The molecule has 2 fully saturated rings. The first kappa shape index (κ1) is 20.0. The second-order valence-corrected chi connectivity index (χ2v) is 9.08. The highest BCUT2D eigenvalue weighted by Gasteiger charge is 2.23. The zero-order valence-electron chi connectivity index (χ0n) is 18.6. The summed E-state index contributed by atoms with van der Waals surface area (Å²) in [5.41, 5.74) is 4.84. The minimum atomic E-state index is -0.921. The summed E-state index contributed by atoms with van der Waals surface area (Å²) in [6.45, 7) is 4.25. The van der Waals surface area contributed by atoms with Crippen LogP contribution in [0.4, 0.5) is 5.69 Å². The topological polar surface area (TPSA) is 56.7 Å². The largest absolute Gasteiger partial charge is 0.478 e. The number of fused-ring (bicyclic) bond motifs is 2. The summed E-state index contributed by atoms with van der Waals surface area (Å²) in [5.74, 6) is -0.129. The Labute approximate surface area is 192 Å². The van der Waals surface area contributed by atoms with Gasteiger partial charge in [0.25, 0.3) is 0 Å². The van der Waals surface area contributed by atoms with Crippen LogP contribution in [0.15, 0.2) is 65.1 Å². The van der Waals surface area contributed by atoms with E-state index in [1.807, 2.05) is 12.1 Å². The Morgan fingerprint density at radius 2 is 1.67 bits per heavy atom. The molecule has 0 radical (unpaired) electrons. The van der Waals surface area contributed by atoms with Gasteiger partial charge in [-0.2, -0.15) is 0 Å². The van der Waals surface area contributed by atoms with E-state index >= 15 is 0 Å². The van der Waals surface area contributed by atoms with E-state index in [2.05, 4.69) is 45.9 Å². The molecule has 33 heavy (non-hydrogen) atoms. The summed E-state index contributed by atoms with van der Waals surface area (Å²) in [6.07, 6.45) is 4.85. The van der Waals surface area contributed by atoms with Gasteiger partial charge in [0.2, 0.25) is 5.36 Å². The minimum absolute atomic E-state index is 0.304. The van der Waals surface area contributed by atoms with Crippen molar-refractivity contribution in [1.29, 1.82) is 0 Å². The molecule has 5 nitrogen and oxygen atoms in total. The number of rotatable bonds is 3. The summed E-state index contributed by atoms with van der Waals surface area (Å²) in [5, 5.41) is 12.0. The predicted octanol–water partition coefficient (Wildman–Crippen LogP) is 5.07. The van der Waals surface area contributed by atoms with Crippen LogP contribution in [0.3, 0.4) is 0 Å². The second-order valence-electron chi connectivity index (χ2n) is 9.08. The van der Waals surface area contributed by atoms with Gasteiger partial charge in [-0.1, -0.05) is 18.2 Å². The molecular weight excluding hydrogens is 412 g/mol. The van der Waals surface area contributed by atoms with Crippen LogP contribution in [0.1, 0.15) is 36.0 Å². The number of aromatic carboxylic acids is 1. The zero-order valence-corrected chi connectivity index (χ0v) is 18.6. The van der Waals surface area contributed by atoms with Gasteiger partial charge >= 0.3 is 5.97 Å². The number of hydrogen-bond donors (Lipinski definition) is 1. The van der Waals surface area contributed by atoms with Gasteiger partial charge < -0.3 is 14.4 Å². The predicted molar refractivity (Wildman–Crippen MR) is 131 cm³/mol. The molecule has 0 atom stereocenters. The standard InChI is InChI=1S/C28H26N2O3/c31-28(32)22-8-2-1-7-21(22)27-23-11-9-19(29-13-3-4-14-29)17-25(23)33-26-18-20(10-12-24(26)27)30-15-5-6-16-30/h1-2,7-12,17-18H,3-6,13-16H2/p+1. The highest BCUT2D eigenvalue weighted by atomic mass is 16.4. The van der Waals surface area contributed by atoms with Gasteiger partial charge in [-0.15, -0.1) is 0 Å². The van der Waals surface area contributed by atoms with Crippen molar-refractivity contribution >= 4 is 22.6 Å². The Balaban J connectivity index is 1.67. The lowest BCUT2D eigenvalue weighted by Gasteiger charge is -2.20. The van der Waals surface area contributed by atoms with E-state index < -0.39 is 5.97 Å². The SMILES string of the molecule is O=C(O)c1ccccc1-c1c2ccc(=[N+]3CCCC3)cc-2oc2cc(N3CCCC3)ccc12. The fourth-order valence-corrected chi connectivity index (χ4v) is 5.39. The number of anilines is 1. The lowest BCUT2D eigenvalue weighted by molar-refractivity contribution is 0.0697. The van der Waals surface area contributed by atoms with Crippen LogP contribution in [-0.4, -0.2) is 37.3 Å². The van der Waals surface area contributed by atoms with Crippen molar-refractivity contribution in [1.82, 2.24) is 4.58 Å². The highest BCUT2D eigenvalue weighted by Crippen LogP contribution is 2.42. The van der Waals surface area contributed by atoms with Gasteiger partial charge in [-0.25, -0.2) is 9.37 Å². The number of benzene rings is 3. The number of carboxylic acid groups (broad SMARTS) is 1. The van der Waals surface area contributed by atoms with Crippen LogP contribution in [-0.2, 0) is 0 Å². The molecule has 2 aromatic rings. The summed E-state index contributed by atoms with van der Waals surface area (Å²) < 4.78 is 8.90. The fourth-order valence-electron chi connectivity index (χ4n) is 5.39. The van der Waals surface area contributed by atoms with Gasteiger partial charge in [-0.05, 0) is 42.7 Å². The molecule has 0 saturated carbocycles. The molecule has 0 unspecified atom stereocenters. The molecule has 2 aromatic carbocycles. The summed E-state index contributed by atoms with van der Waals surface area (Å²) in [4.78, 5) is 14.5. The van der Waals surface area contributed by atoms with E-state index in [9.17, 15) is 9.90 Å². The van der Waals surface area contributed by atoms with Crippen LogP contribution < -0.4 is 14.8 Å². The van der Waals surface area contributed by atoms with Crippen molar-refractivity contribution in [3.63, 3.8) is 0 Å². The zero-order chi connectivity index (χ0) is 22.4. The summed E-state index contributed by atoms with van der Waals surface area (Å²) in [7, 11) is 0. The van der Waals surface area contributed by atoms with Gasteiger partial charge in [0.05, 0.1) is 11.6 Å². The molecule has 166 valence electrons. The quantitative estimate of drug-likeness (QED) is 0.358. The molecular formula is C28H27N2O3+. The minimum Gasteiger partial charge on any atom is -0.478 e. The average Bonchev–Trinajstić information content (AvgIpc) is 3.57. The number of carbonyl (C=O) groups is 1. The first-order chi connectivity index (χ1) is 16.2. The molecule has 1 N–H and O–H groups in total. The van der Waals surface area contributed by atoms with Gasteiger partial charge in [-0.3, -0.25) is 0 Å². The molecule has 5 heteroatoms. The van der Waals surface area contributed by atoms with E-state index in [4.69, 9.17) is 4.42 Å². The van der Waals surface area contributed by atoms with Crippen LogP contribution >= 0.6 is 0 Å². The van der Waals surface area contributed by atoms with Crippen LogP contribution in [0, 0.1) is 0 Å². The third-order valence-electron chi connectivity index (χ3n) is 7.06. The third-order valence-corrected chi connectivity index (χ3v) is 7.06. The Kier molecular flexibility index (Phi) is 4.90. The Hall–Kier alpha value is -3.60. The van der Waals surface area contributed by atoms with Crippen LogP contribution in [0.25, 0.3) is 33.4 Å². The van der Waals surface area contributed by atoms with Crippen LogP contribution in [0.5, 0.6) is 0 Å². The molecule has 6 rings (SSSR count). The lowest BCUT2D eigenvalue weighted by atomic mass is 9.90. The molecule has 0 spiro atoms. The first-order valence-electron chi connectivity index (χ1n) is 11.9. The van der Waals surface area contributed by atoms with E-state index in [-0.39, 0.29) is 0 Å². The van der Waals surface area contributed by atoms with Crippen molar-refractivity contribution in [2.45, 2.75) is 25.7 Å². The Morgan fingerprint density at radius 1 is 0.879 bits per heavy atom. The van der Waals surface area contributed by atoms with E-state index in [0.717, 1.165) is 70.6 Å². The van der Waals surface area contributed by atoms with Crippen molar-refractivity contribution in [3.8, 4) is 22.5 Å². The summed E-state index contributed by atoms with van der Waals surface area (Å²) >= 11 is 0. The molecule has 4 aliphatic rings. The van der Waals surface area contributed by atoms with Gasteiger partial charge in [0, 0.05) is 60.3 Å². The maximum Gasteiger partial charge on any atom is 0.336 e. The molecule has 0 amide bonds. The Bertz CT molecular complexity index is 1400. The monoisotopic (exact) mass is 439 g/mol. The average molecular weight is 440 g/mol. The molecule has 1 aliphatic carbocycles. The lowest BCUT2D eigenvalue weighted by Crippen LogP contribution is -2.26. The maximum absolute atomic E-state index is 12.1. The van der Waals surface area contributed by atoms with E-state index in [1.165, 1.54) is 25.7 Å². The van der Waals surface area contributed by atoms with Crippen molar-refractivity contribution < 1.29 is 14.3 Å². The molecule has 0 bridgehead atoms. The maximum atomic E-state index is 12.1. The second kappa shape index (κ2) is 8.07. The van der Waals surface area contributed by atoms with Crippen molar-refractivity contribution in [2.24, 2.45) is 0 Å². The van der Waals surface area contributed by atoms with E-state index in [1.54, 1.807) is 12.1 Å². The van der Waals surface area contributed by atoms with Gasteiger partial charge in [0.15, 0.2) is 0 Å². The molecule has 3 aliphatic heterocycles. The molecule has 3 heterocycles. The van der Waals surface area contributed by atoms with Gasteiger partial charge in [0.1, 0.15) is 24.4 Å². The van der Waals surface area contributed by atoms with Crippen molar-refractivity contribution in [3.05, 3.63) is 71.6 Å². The van der Waals surface area contributed by atoms with Crippen molar-refractivity contribution in [2.75, 3.05) is 31.1 Å². The smallest absolute Gasteiger partial charge is 0.336 e. The molecule has 2 saturated heterocycles. The third kappa shape index (κ3) is 3.48. The van der Waals surface area contributed by atoms with E-state index in [0.29, 0.717) is 5.56 Å². The van der Waals surface area contributed by atoms with Crippen LogP contribution in [0.2, 0.25) is 0 Å².